The van der Waals surface area contributed by atoms with Crippen LogP contribution in [0.25, 0.3) is 0 Å². The van der Waals surface area contributed by atoms with Gasteiger partial charge in [0.1, 0.15) is 5.75 Å². The second-order valence-corrected chi connectivity index (χ2v) is 8.42. The Morgan fingerprint density at radius 1 is 1.39 bits per heavy atom. The Labute approximate surface area is 137 Å². The summed E-state index contributed by atoms with van der Waals surface area (Å²) in [6.45, 7) is 6.84. The van der Waals surface area contributed by atoms with Gasteiger partial charge in [0, 0.05) is 31.1 Å². The topological polar surface area (TPSA) is 92.5 Å². The highest BCUT2D eigenvalue weighted by Crippen LogP contribution is 2.22. The van der Waals surface area contributed by atoms with Crippen LogP contribution in [0.3, 0.4) is 0 Å². The number of hydrogen-bond donors (Lipinski definition) is 1. The molecular weight excluding hydrogens is 318 g/mol. The van der Waals surface area contributed by atoms with Crippen molar-refractivity contribution >= 4 is 15.9 Å². The number of carbonyl (C=O) groups is 1. The van der Waals surface area contributed by atoms with E-state index in [1.54, 1.807) is 6.07 Å². The van der Waals surface area contributed by atoms with Crippen molar-refractivity contribution in [3.05, 3.63) is 18.0 Å². The minimum atomic E-state index is -3.42. The highest BCUT2D eigenvalue weighted by molar-refractivity contribution is 7.88. The molecule has 0 spiro atoms. The van der Waals surface area contributed by atoms with Gasteiger partial charge < -0.3 is 9.84 Å². The Kier molecular flexibility index (Phi) is 5.80. The molecule has 130 valence electrons. The zero-order chi connectivity index (χ0) is 17.0. The van der Waals surface area contributed by atoms with Crippen molar-refractivity contribution < 1.29 is 17.7 Å². The van der Waals surface area contributed by atoms with Gasteiger partial charge in [-0.3, -0.25) is 4.79 Å². The van der Waals surface area contributed by atoms with E-state index in [2.05, 4.69) is 24.3 Å². The second-order valence-electron chi connectivity index (χ2n) is 6.45. The summed E-state index contributed by atoms with van der Waals surface area (Å²) in [7, 11) is -3.42. The lowest BCUT2D eigenvalue weighted by molar-refractivity contribution is -0.127. The van der Waals surface area contributed by atoms with Gasteiger partial charge in [-0.1, -0.05) is 19.0 Å². The largest absolute Gasteiger partial charge is 0.360 e. The maximum atomic E-state index is 12.3. The van der Waals surface area contributed by atoms with Gasteiger partial charge in [0.2, 0.25) is 15.9 Å². The van der Waals surface area contributed by atoms with Gasteiger partial charge in [-0.2, -0.15) is 0 Å². The Morgan fingerprint density at radius 2 is 2.04 bits per heavy atom. The van der Waals surface area contributed by atoms with Gasteiger partial charge in [0.05, 0.1) is 6.20 Å². The monoisotopic (exact) mass is 343 g/mol. The fourth-order valence-electron chi connectivity index (χ4n) is 2.49. The highest BCUT2D eigenvalue weighted by Gasteiger charge is 2.32. The first-order chi connectivity index (χ1) is 10.8. The first kappa shape index (κ1) is 17.9. The van der Waals surface area contributed by atoms with E-state index in [9.17, 15) is 13.2 Å². The maximum Gasteiger partial charge on any atom is 0.223 e. The average Bonchev–Trinajstić information content (AvgIpc) is 2.99. The Morgan fingerprint density at radius 3 is 2.57 bits per heavy atom. The number of nitrogens with zero attached hydrogens (tertiary/aromatic N) is 2. The Hall–Kier alpha value is -1.41. The van der Waals surface area contributed by atoms with Gasteiger partial charge in [-0.05, 0) is 25.7 Å². The fraction of sp³-hybridized carbons (Fsp3) is 0.733. The minimum Gasteiger partial charge on any atom is -0.360 e. The summed E-state index contributed by atoms with van der Waals surface area (Å²) < 4.78 is 31.0. The highest BCUT2D eigenvalue weighted by atomic mass is 32.2. The lowest BCUT2D eigenvalue weighted by Gasteiger charge is -2.31. The molecule has 0 bridgehead atoms. The second kappa shape index (κ2) is 7.44. The summed E-state index contributed by atoms with van der Waals surface area (Å²) in [6, 6.07) is 1.67. The Balaban J connectivity index is 1.87. The molecule has 23 heavy (non-hydrogen) atoms. The van der Waals surface area contributed by atoms with Crippen LogP contribution in [0.1, 0.15) is 39.4 Å². The van der Waals surface area contributed by atoms with Crippen LogP contribution in [0.2, 0.25) is 0 Å². The van der Waals surface area contributed by atoms with Crippen molar-refractivity contribution in [3.63, 3.8) is 0 Å². The van der Waals surface area contributed by atoms with Crippen molar-refractivity contribution in [3.8, 4) is 0 Å². The van der Waals surface area contributed by atoms with Gasteiger partial charge in [0.25, 0.3) is 0 Å². The van der Waals surface area contributed by atoms with E-state index in [1.165, 1.54) is 10.5 Å². The molecule has 0 saturated carbocycles. The summed E-state index contributed by atoms with van der Waals surface area (Å²) in [6.07, 6.45) is 2.52. The quantitative estimate of drug-likeness (QED) is 0.842. The van der Waals surface area contributed by atoms with E-state index in [-0.39, 0.29) is 23.6 Å². The Bertz CT molecular complexity index is 605. The van der Waals surface area contributed by atoms with E-state index in [0.29, 0.717) is 37.6 Å². The molecule has 1 fully saturated rings. The summed E-state index contributed by atoms with van der Waals surface area (Å²) in [5.74, 6) is 0.428. The van der Waals surface area contributed by atoms with E-state index >= 15 is 0 Å². The SMILES string of the molecule is CC(C)C(C)NC(=O)C1CCN(S(=O)(=O)Cc2ccno2)CC1. The molecule has 1 aliphatic rings. The molecule has 2 heterocycles. The fourth-order valence-corrected chi connectivity index (χ4v) is 3.95. The van der Waals surface area contributed by atoms with Gasteiger partial charge >= 0.3 is 0 Å². The summed E-state index contributed by atoms with van der Waals surface area (Å²) in [5.41, 5.74) is 0. The number of amides is 1. The van der Waals surface area contributed by atoms with Crippen molar-refractivity contribution in [2.24, 2.45) is 11.8 Å². The van der Waals surface area contributed by atoms with Crippen molar-refractivity contribution in [2.75, 3.05) is 13.1 Å². The molecule has 0 aromatic carbocycles. The minimum absolute atomic E-state index is 0.0264. The molecule has 1 N–H and O–H groups in total. The third-order valence-electron chi connectivity index (χ3n) is 4.40. The van der Waals surface area contributed by atoms with Gasteiger partial charge in [0.15, 0.2) is 5.76 Å². The van der Waals surface area contributed by atoms with Crippen LogP contribution in [-0.2, 0) is 20.6 Å². The molecule has 0 radical (unpaired) electrons. The average molecular weight is 343 g/mol. The third-order valence-corrected chi connectivity index (χ3v) is 6.21. The number of sulfonamides is 1. The van der Waals surface area contributed by atoms with E-state index < -0.39 is 10.0 Å². The standard InChI is InChI=1S/C15H25N3O4S/c1-11(2)12(3)17-15(19)13-5-8-18(9-6-13)23(20,21)10-14-4-7-16-22-14/h4,7,11-13H,5-6,8-10H2,1-3H3,(H,17,19). The van der Waals surface area contributed by atoms with Crippen LogP contribution < -0.4 is 5.32 Å². The smallest absolute Gasteiger partial charge is 0.223 e. The van der Waals surface area contributed by atoms with Crippen LogP contribution >= 0.6 is 0 Å². The molecule has 1 atom stereocenters. The molecule has 7 nitrogen and oxygen atoms in total. The number of hydrogen-bond acceptors (Lipinski definition) is 5. The van der Waals surface area contributed by atoms with Crippen molar-refractivity contribution in [1.29, 1.82) is 0 Å². The number of rotatable bonds is 6. The zero-order valence-corrected chi connectivity index (χ0v) is 14.7. The molecule has 1 saturated heterocycles. The first-order valence-corrected chi connectivity index (χ1v) is 9.58. The van der Waals surface area contributed by atoms with E-state index in [0.717, 1.165) is 0 Å². The predicted molar refractivity (Wildman–Crippen MR) is 85.9 cm³/mol. The third kappa shape index (κ3) is 4.78. The number of carbonyl (C=O) groups excluding carboxylic acids is 1. The molecule has 1 aromatic rings. The normalized spacial score (nSPS) is 19.0. The zero-order valence-electron chi connectivity index (χ0n) is 13.9. The first-order valence-electron chi connectivity index (χ1n) is 7.97. The van der Waals surface area contributed by atoms with Crippen LogP contribution in [0.15, 0.2) is 16.8 Å². The number of aromatic nitrogens is 1. The molecule has 1 aliphatic heterocycles. The lowest BCUT2D eigenvalue weighted by Crippen LogP contribution is -2.46. The van der Waals surface area contributed by atoms with Crippen molar-refractivity contribution in [2.45, 2.75) is 45.4 Å². The van der Waals surface area contributed by atoms with Crippen LogP contribution in [0.4, 0.5) is 0 Å². The molecule has 0 aliphatic carbocycles. The summed E-state index contributed by atoms with van der Waals surface area (Å²) in [4.78, 5) is 12.2. The van der Waals surface area contributed by atoms with E-state index in [4.69, 9.17) is 4.52 Å². The molecule has 1 aromatic heterocycles. The maximum absolute atomic E-state index is 12.3. The van der Waals surface area contributed by atoms with Crippen LogP contribution in [-0.4, -0.2) is 42.9 Å². The van der Waals surface area contributed by atoms with Gasteiger partial charge in [-0.25, -0.2) is 12.7 Å². The molecule has 1 amide bonds. The van der Waals surface area contributed by atoms with Gasteiger partial charge in [-0.15, -0.1) is 0 Å². The molecule has 1 unspecified atom stereocenters. The summed E-state index contributed by atoms with van der Waals surface area (Å²) >= 11 is 0. The van der Waals surface area contributed by atoms with Crippen molar-refractivity contribution in [1.82, 2.24) is 14.8 Å². The van der Waals surface area contributed by atoms with E-state index in [1.807, 2.05) is 6.92 Å². The molecule has 8 heteroatoms. The predicted octanol–water partition coefficient (Wildman–Crippen LogP) is 1.38. The van der Waals surface area contributed by atoms with Crippen LogP contribution in [0, 0.1) is 11.8 Å². The number of piperidine rings is 1. The molecule has 2 rings (SSSR count). The van der Waals surface area contributed by atoms with Crippen LogP contribution in [0.5, 0.6) is 0 Å². The lowest BCUT2D eigenvalue weighted by atomic mass is 9.96. The summed E-state index contributed by atoms with van der Waals surface area (Å²) in [5, 5.41) is 6.53. The molecular formula is C15H25N3O4S. The number of nitrogens with one attached hydrogen (secondary N) is 1.